The number of carboxylic acids is 1. The Kier molecular flexibility index (Phi) is 8.98. The summed E-state index contributed by atoms with van der Waals surface area (Å²) in [6.07, 6.45) is 3.42. The van der Waals surface area contributed by atoms with Gasteiger partial charge in [0.15, 0.2) is 16.0 Å². The highest BCUT2D eigenvalue weighted by atomic mass is 32.2. The van der Waals surface area contributed by atoms with Crippen LogP contribution in [0.2, 0.25) is 0 Å². The molecule has 0 saturated heterocycles. The number of rotatable bonds is 10. The maximum atomic E-state index is 13.5. The lowest BCUT2D eigenvalue weighted by Gasteiger charge is -2.29. The monoisotopic (exact) mass is 716 g/mol. The normalized spacial score (nSPS) is 15.1. The average molecular weight is 717 g/mol. The highest BCUT2D eigenvalue weighted by Gasteiger charge is 2.27. The molecule has 1 unspecified atom stereocenters. The highest BCUT2D eigenvalue weighted by Crippen LogP contribution is 2.42. The topological polar surface area (TPSA) is 130 Å². The number of hydrogen-bond donors (Lipinski definition) is 2. The highest BCUT2D eigenvalue weighted by molar-refractivity contribution is 7.99. The van der Waals surface area contributed by atoms with Crippen LogP contribution in [0, 0.1) is 0 Å². The van der Waals surface area contributed by atoms with E-state index in [1.807, 2.05) is 66.7 Å². The van der Waals surface area contributed by atoms with E-state index in [0.29, 0.717) is 59.7 Å². The number of para-hydroxylation sites is 1. The molecule has 14 heteroatoms. The van der Waals surface area contributed by atoms with Gasteiger partial charge in [0.25, 0.3) is 5.91 Å². The van der Waals surface area contributed by atoms with Gasteiger partial charge in [-0.25, -0.2) is 24.7 Å². The van der Waals surface area contributed by atoms with Gasteiger partial charge in [-0.15, -0.1) is 23.1 Å². The van der Waals surface area contributed by atoms with Crippen LogP contribution in [0.1, 0.15) is 54.8 Å². The molecule has 0 fully saturated rings. The minimum atomic E-state index is -1.05. The van der Waals surface area contributed by atoms with Crippen molar-refractivity contribution in [3.8, 4) is 17.0 Å². The molecular weight excluding hydrogens is 687 g/mol. The number of nitrogens with zero attached hydrogens (tertiary/aromatic N) is 5. The number of carbonyl (C=O) groups excluding carboxylic acids is 1. The summed E-state index contributed by atoms with van der Waals surface area (Å²) in [5, 5.41) is 14.2. The Morgan fingerprint density at radius 3 is 2.72 bits per heavy atom. The summed E-state index contributed by atoms with van der Waals surface area (Å²) >= 11 is 4.51. The number of hydrogen-bond acceptors (Lipinski definition) is 11. The Bertz CT molecular complexity index is 2210. The van der Waals surface area contributed by atoms with Crippen molar-refractivity contribution in [2.45, 2.75) is 36.5 Å². The lowest BCUT2D eigenvalue weighted by Crippen LogP contribution is -2.32. The van der Waals surface area contributed by atoms with Gasteiger partial charge in [-0.2, -0.15) is 0 Å². The van der Waals surface area contributed by atoms with E-state index in [2.05, 4.69) is 30.2 Å². The van der Waals surface area contributed by atoms with Crippen LogP contribution >= 0.6 is 34.4 Å². The maximum Gasteiger partial charge on any atom is 0.355 e. The number of amides is 1. The SMILES string of the molecule is [B]C1CSc2c(-c3ccc(OCCCc4sc(N5CCc6cccc(C(=O)Nc7nc8ccccc8s7)c6C5)nc4C(=O)O)cc3)ncnc21. The standard InChI is InChI=1S/C36H29BN6O4S3/c37-25-18-48-32-29(38-19-39-30(25)32)21-10-12-22(13-11-21)47-16-4-9-28-31(34(45)46)41-36(50-28)43-15-14-20-5-3-6-23(24(20)17-43)33(44)42-35-40-26-7-1-2-8-27(26)49-35/h1-3,5-8,10-13,19,25H,4,9,14-18H2,(H,45,46)(H,40,42,44). The van der Waals surface area contributed by atoms with Gasteiger partial charge >= 0.3 is 5.97 Å². The Balaban J connectivity index is 0.914. The molecule has 2 aliphatic heterocycles. The van der Waals surface area contributed by atoms with E-state index in [9.17, 15) is 14.7 Å². The first-order chi connectivity index (χ1) is 24.4. The number of thiazole rings is 2. The summed E-state index contributed by atoms with van der Waals surface area (Å²) in [5.41, 5.74) is 6.25. The molecule has 2 aliphatic rings. The third-order valence-electron chi connectivity index (χ3n) is 8.73. The number of benzene rings is 3. The van der Waals surface area contributed by atoms with Crippen LogP contribution in [0.25, 0.3) is 21.5 Å². The summed E-state index contributed by atoms with van der Waals surface area (Å²) in [4.78, 5) is 47.4. The van der Waals surface area contributed by atoms with E-state index in [1.165, 1.54) is 22.7 Å². The van der Waals surface area contributed by atoms with Crippen LogP contribution in [0.3, 0.4) is 0 Å². The Morgan fingerprint density at radius 2 is 1.88 bits per heavy atom. The zero-order chi connectivity index (χ0) is 34.2. The van der Waals surface area contributed by atoms with Gasteiger partial charge < -0.3 is 14.7 Å². The fourth-order valence-corrected chi connectivity index (χ4v) is 9.38. The van der Waals surface area contributed by atoms with Gasteiger partial charge in [0.1, 0.15) is 12.1 Å². The summed E-state index contributed by atoms with van der Waals surface area (Å²) in [6, 6.07) is 21.3. The van der Waals surface area contributed by atoms with E-state index < -0.39 is 5.97 Å². The van der Waals surface area contributed by atoms with Gasteiger partial charge in [0.05, 0.1) is 41.0 Å². The second-order valence-electron chi connectivity index (χ2n) is 12.0. The predicted octanol–water partition coefficient (Wildman–Crippen LogP) is 7.05. The Hall–Kier alpha value is -4.79. The lowest BCUT2D eigenvalue weighted by atomic mass is 9.86. The van der Waals surface area contributed by atoms with Crippen molar-refractivity contribution in [3.05, 3.63) is 106 Å². The molecule has 50 heavy (non-hydrogen) atoms. The summed E-state index contributed by atoms with van der Waals surface area (Å²) in [6.45, 7) is 1.54. The van der Waals surface area contributed by atoms with Gasteiger partial charge in [0.2, 0.25) is 0 Å². The molecule has 5 heterocycles. The first-order valence-corrected chi connectivity index (χ1v) is 18.8. The van der Waals surface area contributed by atoms with Gasteiger partial charge in [-0.3, -0.25) is 10.1 Å². The number of aromatic carboxylic acids is 1. The molecule has 3 aromatic carbocycles. The van der Waals surface area contributed by atoms with Crippen molar-refractivity contribution in [2.24, 2.45) is 0 Å². The second-order valence-corrected chi connectivity index (χ2v) is 15.1. The minimum absolute atomic E-state index is 0.0667. The maximum absolute atomic E-state index is 13.5. The van der Waals surface area contributed by atoms with Crippen molar-refractivity contribution in [2.75, 3.05) is 29.1 Å². The van der Waals surface area contributed by atoms with Crippen LogP contribution in [-0.2, 0) is 19.4 Å². The molecule has 0 aliphatic carbocycles. The zero-order valence-electron chi connectivity index (χ0n) is 26.7. The third kappa shape index (κ3) is 6.46. The van der Waals surface area contributed by atoms with Gasteiger partial charge in [-0.05, 0) is 84.4 Å². The molecule has 3 aromatic heterocycles. The van der Waals surface area contributed by atoms with E-state index in [1.54, 1.807) is 18.1 Å². The molecule has 8 rings (SSSR count). The number of aryl methyl sites for hydroxylation is 1. The van der Waals surface area contributed by atoms with Crippen LogP contribution in [0.4, 0.5) is 10.3 Å². The summed E-state index contributed by atoms with van der Waals surface area (Å²) in [5.74, 6) is 0.176. The lowest BCUT2D eigenvalue weighted by molar-refractivity contribution is 0.0690. The fraction of sp³-hybridized carbons (Fsp3) is 0.222. The molecule has 1 atom stereocenters. The first kappa shape index (κ1) is 32.4. The Labute approximate surface area is 301 Å². The Morgan fingerprint density at radius 1 is 1.02 bits per heavy atom. The minimum Gasteiger partial charge on any atom is -0.494 e. The van der Waals surface area contributed by atoms with Crippen molar-refractivity contribution in [3.63, 3.8) is 0 Å². The van der Waals surface area contributed by atoms with Crippen molar-refractivity contribution in [1.29, 1.82) is 0 Å². The molecule has 248 valence electrons. The fourth-order valence-electron chi connectivity index (χ4n) is 6.24. The first-order valence-electron chi connectivity index (χ1n) is 16.1. The number of anilines is 2. The number of carbonyl (C=O) groups is 2. The molecular formula is C36H29BN6O4S3. The predicted molar refractivity (Wildman–Crippen MR) is 198 cm³/mol. The third-order valence-corrected chi connectivity index (χ3v) is 12.1. The van der Waals surface area contributed by atoms with Gasteiger partial charge in [-0.1, -0.05) is 35.6 Å². The van der Waals surface area contributed by atoms with Crippen molar-refractivity contribution in [1.82, 2.24) is 19.9 Å². The van der Waals surface area contributed by atoms with E-state index in [4.69, 9.17) is 12.6 Å². The molecule has 1 amide bonds. The quantitative estimate of drug-likeness (QED) is 0.112. The van der Waals surface area contributed by atoms with Crippen LogP contribution < -0.4 is 15.0 Å². The molecule has 2 N–H and O–H groups in total. The molecule has 2 radical (unpaired) electrons. The van der Waals surface area contributed by atoms with Gasteiger partial charge in [0, 0.05) is 29.1 Å². The summed E-state index contributed by atoms with van der Waals surface area (Å²) < 4.78 is 7.02. The van der Waals surface area contributed by atoms with E-state index in [-0.39, 0.29) is 17.4 Å². The molecule has 0 saturated carbocycles. The van der Waals surface area contributed by atoms with Crippen LogP contribution in [0.15, 0.2) is 78.0 Å². The van der Waals surface area contributed by atoms with Crippen molar-refractivity contribution < 1.29 is 19.4 Å². The number of fused-ring (bicyclic) bond motifs is 3. The summed E-state index contributed by atoms with van der Waals surface area (Å²) in [7, 11) is 6.17. The van der Waals surface area contributed by atoms with E-state index >= 15 is 0 Å². The van der Waals surface area contributed by atoms with Crippen LogP contribution in [-0.4, -0.2) is 63.7 Å². The zero-order valence-corrected chi connectivity index (χ0v) is 29.1. The molecule has 6 aromatic rings. The number of ether oxygens (including phenoxy) is 1. The number of thioether (sulfide) groups is 1. The molecule has 10 nitrogen and oxygen atoms in total. The molecule has 0 spiro atoms. The largest absolute Gasteiger partial charge is 0.494 e. The van der Waals surface area contributed by atoms with Crippen molar-refractivity contribution >= 4 is 74.6 Å². The average Bonchev–Trinajstić information content (AvgIpc) is 3.86. The smallest absolute Gasteiger partial charge is 0.355 e. The number of aromatic nitrogens is 4. The number of carboxylic acid groups (broad SMARTS) is 1. The number of nitrogens with one attached hydrogen (secondary N) is 1. The van der Waals surface area contributed by atoms with Crippen LogP contribution in [0.5, 0.6) is 5.75 Å². The van der Waals surface area contributed by atoms with E-state index in [0.717, 1.165) is 54.7 Å². The molecule has 0 bridgehead atoms. The second kappa shape index (κ2) is 13.8.